The van der Waals surface area contributed by atoms with Crippen LogP contribution in [0.5, 0.6) is 11.5 Å². The molecule has 0 aliphatic carbocycles. The van der Waals surface area contributed by atoms with Gasteiger partial charge in [0.05, 0.1) is 11.4 Å². The number of thiophene rings is 1. The number of carbonyl (C=O) groups excluding carboxylic acids is 1. The molecule has 1 heterocycles. The van der Waals surface area contributed by atoms with Gasteiger partial charge < -0.3 is 19.5 Å². The molecule has 1 aromatic carbocycles. The van der Waals surface area contributed by atoms with Crippen LogP contribution in [-0.2, 0) is 9.53 Å². The topological polar surface area (TPSA) is 56.8 Å². The van der Waals surface area contributed by atoms with Crippen molar-refractivity contribution in [3.05, 3.63) is 45.6 Å². The van der Waals surface area contributed by atoms with E-state index >= 15 is 0 Å². The van der Waals surface area contributed by atoms with Gasteiger partial charge in [0.1, 0.15) is 6.10 Å². The summed E-state index contributed by atoms with van der Waals surface area (Å²) in [4.78, 5) is 12.9. The molecule has 0 bridgehead atoms. The maximum atomic E-state index is 11.9. The van der Waals surface area contributed by atoms with Gasteiger partial charge in [0.25, 0.3) is 5.91 Å². The Morgan fingerprint density at radius 2 is 1.96 bits per heavy atom. The third-order valence-corrected chi connectivity index (χ3v) is 4.43. The van der Waals surface area contributed by atoms with Crippen LogP contribution in [0.1, 0.15) is 11.0 Å². The maximum Gasteiger partial charge on any atom is 0.258 e. The molecule has 0 aliphatic rings. The second kappa shape index (κ2) is 8.76. The van der Waals surface area contributed by atoms with Crippen LogP contribution >= 0.6 is 22.9 Å². The number of halogens is 1. The van der Waals surface area contributed by atoms with E-state index in [1.54, 1.807) is 32.4 Å². The minimum Gasteiger partial charge on any atom is -0.493 e. The molecule has 0 saturated heterocycles. The highest BCUT2D eigenvalue weighted by atomic mass is 35.5. The van der Waals surface area contributed by atoms with Gasteiger partial charge in [0.2, 0.25) is 0 Å². The van der Waals surface area contributed by atoms with Crippen LogP contribution in [0.2, 0.25) is 4.34 Å². The van der Waals surface area contributed by atoms with Crippen molar-refractivity contribution in [2.24, 2.45) is 0 Å². The Kier molecular flexibility index (Phi) is 6.70. The lowest BCUT2D eigenvalue weighted by molar-refractivity contribution is -0.123. The molecule has 0 radical (unpaired) electrons. The number of benzene rings is 1. The summed E-state index contributed by atoms with van der Waals surface area (Å²) in [5.74, 6) is 0.877. The molecule has 124 valence electrons. The number of methoxy groups -OCH3 is 2. The normalized spacial score (nSPS) is 11.8. The summed E-state index contributed by atoms with van der Waals surface area (Å²) in [6.45, 7) is 0.253. The van der Waals surface area contributed by atoms with Crippen molar-refractivity contribution in [3.63, 3.8) is 0 Å². The van der Waals surface area contributed by atoms with Gasteiger partial charge in [0, 0.05) is 18.5 Å². The fourth-order valence-corrected chi connectivity index (χ4v) is 3.08. The Bertz CT molecular complexity index is 647. The quantitative estimate of drug-likeness (QED) is 0.789. The van der Waals surface area contributed by atoms with E-state index in [0.29, 0.717) is 22.4 Å². The number of hydrogen-bond donors (Lipinski definition) is 1. The van der Waals surface area contributed by atoms with Gasteiger partial charge in [-0.3, -0.25) is 4.79 Å². The zero-order valence-corrected chi connectivity index (χ0v) is 14.4. The molecule has 0 spiro atoms. The predicted octanol–water partition coefficient (Wildman–Crippen LogP) is 3.29. The third-order valence-electron chi connectivity index (χ3n) is 3.11. The second-order valence-electron chi connectivity index (χ2n) is 4.61. The number of ether oxygens (including phenoxy) is 3. The second-order valence-corrected chi connectivity index (χ2v) is 6.36. The summed E-state index contributed by atoms with van der Waals surface area (Å²) >= 11 is 7.34. The molecular weight excluding hydrogens is 338 g/mol. The van der Waals surface area contributed by atoms with E-state index < -0.39 is 0 Å². The first kappa shape index (κ1) is 17.6. The summed E-state index contributed by atoms with van der Waals surface area (Å²) in [5, 5.41) is 2.78. The molecule has 1 unspecified atom stereocenters. The van der Waals surface area contributed by atoms with Crippen molar-refractivity contribution >= 4 is 28.8 Å². The van der Waals surface area contributed by atoms with Gasteiger partial charge in [-0.25, -0.2) is 0 Å². The highest BCUT2D eigenvalue weighted by Gasteiger charge is 2.15. The van der Waals surface area contributed by atoms with Crippen molar-refractivity contribution in [1.82, 2.24) is 5.32 Å². The Morgan fingerprint density at radius 1 is 1.22 bits per heavy atom. The number of rotatable bonds is 8. The summed E-state index contributed by atoms with van der Waals surface area (Å²) < 4.78 is 16.7. The number of nitrogens with one attached hydrogen (secondary N) is 1. The Hall–Kier alpha value is -1.76. The lowest BCUT2D eigenvalue weighted by Gasteiger charge is -2.15. The lowest BCUT2D eigenvalue weighted by atomic mass is 10.3. The van der Waals surface area contributed by atoms with Crippen molar-refractivity contribution < 1.29 is 19.0 Å². The molecule has 0 fully saturated rings. The van der Waals surface area contributed by atoms with Crippen molar-refractivity contribution in [2.75, 3.05) is 27.4 Å². The predicted molar refractivity (Wildman–Crippen MR) is 90.6 cm³/mol. The molecule has 1 N–H and O–H groups in total. The molecule has 0 aliphatic heterocycles. The van der Waals surface area contributed by atoms with E-state index in [1.165, 1.54) is 11.3 Å². The third kappa shape index (κ3) is 5.13. The fourth-order valence-electron chi connectivity index (χ4n) is 1.94. The van der Waals surface area contributed by atoms with E-state index in [-0.39, 0.29) is 18.6 Å². The number of para-hydroxylation sites is 2. The molecule has 1 aromatic heterocycles. The van der Waals surface area contributed by atoms with Gasteiger partial charge in [-0.05, 0) is 24.3 Å². The highest BCUT2D eigenvalue weighted by Crippen LogP contribution is 2.28. The molecule has 1 amide bonds. The summed E-state index contributed by atoms with van der Waals surface area (Å²) in [5.41, 5.74) is 0. The average molecular weight is 356 g/mol. The molecule has 23 heavy (non-hydrogen) atoms. The number of carbonyl (C=O) groups is 1. The summed E-state index contributed by atoms with van der Waals surface area (Å²) in [6, 6.07) is 10.9. The first-order valence-electron chi connectivity index (χ1n) is 6.94. The average Bonchev–Trinajstić information content (AvgIpc) is 3.00. The number of hydrogen-bond acceptors (Lipinski definition) is 5. The molecular formula is C16H18ClNO4S. The van der Waals surface area contributed by atoms with Crippen molar-refractivity contribution in [2.45, 2.75) is 6.10 Å². The first-order chi connectivity index (χ1) is 11.1. The van der Waals surface area contributed by atoms with Gasteiger partial charge in [-0.15, -0.1) is 11.3 Å². The standard InChI is InChI=1S/C16H18ClNO4S/c1-20-11-5-3-4-6-12(11)22-10-16(19)18-9-13(21-2)14-7-8-15(17)23-14/h3-8,13H,9-10H2,1-2H3,(H,18,19). The Morgan fingerprint density at radius 3 is 2.57 bits per heavy atom. The van der Waals surface area contributed by atoms with Crippen molar-refractivity contribution in [3.8, 4) is 11.5 Å². The minimum atomic E-state index is -0.236. The van der Waals surface area contributed by atoms with Crippen LogP contribution in [0.15, 0.2) is 36.4 Å². The highest BCUT2D eigenvalue weighted by molar-refractivity contribution is 7.16. The van der Waals surface area contributed by atoms with E-state index in [0.717, 1.165) is 4.88 Å². The zero-order valence-electron chi connectivity index (χ0n) is 12.9. The molecule has 0 saturated carbocycles. The zero-order chi connectivity index (χ0) is 16.7. The lowest BCUT2D eigenvalue weighted by Crippen LogP contribution is -2.32. The van der Waals surface area contributed by atoms with E-state index in [1.807, 2.05) is 18.2 Å². The van der Waals surface area contributed by atoms with Gasteiger partial charge in [0.15, 0.2) is 18.1 Å². The fraction of sp³-hybridized carbons (Fsp3) is 0.312. The van der Waals surface area contributed by atoms with E-state index in [9.17, 15) is 4.79 Å². The smallest absolute Gasteiger partial charge is 0.258 e. The van der Waals surface area contributed by atoms with Gasteiger partial charge >= 0.3 is 0 Å². The SMILES string of the molecule is COc1ccccc1OCC(=O)NCC(OC)c1ccc(Cl)s1. The first-order valence-corrected chi connectivity index (χ1v) is 8.14. The van der Waals surface area contributed by atoms with Gasteiger partial charge in [-0.1, -0.05) is 23.7 Å². The molecule has 2 aromatic rings. The van der Waals surface area contributed by atoms with Crippen LogP contribution in [0, 0.1) is 0 Å². The monoisotopic (exact) mass is 355 g/mol. The van der Waals surface area contributed by atoms with E-state index in [2.05, 4.69) is 5.32 Å². The van der Waals surface area contributed by atoms with Crippen LogP contribution in [0.3, 0.4) is 0 Å². The molecule has 2 rings (SSSR count). The molecule has 7 heteroatoms. The van der Waals surface area contributed by atoms with Crippen LogP contribution < -0.4 is 14.8 Å². The van der Waals surface area contributed by atoms with Gasteiger partial charge in [-0.2, -0.15) is 0 Å². The van der Waals surface area contributed by atoms with E-state index in [4.69, 9.17) is 25.8 Å². The summed E-state index contributed by atoms with van der Waals surface area (Å²) in [7, 11) is 3.15. The minimum absolute atomic E-state index is 0.0952. The molecule has 1 atom stereocenters. The largest absolute Gasteiger partial charge is 0.493 e. The molecule has 5 nitrogen and oxygen atoms in total. The maximum absolute atomic E-state index is 11.9. The Balaban J connectivity index is 1.82. The summed E-state index contributed by atoms with van der Waals surface area (Å²) in [6.07, 6.45) is -0.234. The van der Waals surface area contributed by atoms with Crippen molar-refractivity contribution in [1.29, 1.82) is 0 Å². The van der Waals surface area contributed by atoms with Crippen LogP contribution in [0.25, 0.3) is 0 Å². The Labute approximate surface area is 144 Å². The van der Waals surface area contributed by atoms with Crippen LogP contribution in [-0.4, -0.2) is 33.3 Å². The number of amides is 1. The van der Waals surface area contributed by atoms with Crippen LogP contribution in [0.4, 0.5) is 0 Å².